The fourth-order valence-electron chi connectivity index (χ4n) is 6.13. The maximum absolute atomic E-state index is 15.6. The Bertz CT molecular complexity index is 1620. The summed E-state index contributed by atoms with van der Waals surface area (Å²) in [6.07, 6.45) is 10.5. The second-order valence-electron chi connectivity index (χ2n) is 11.5. The number of anilines is 2. The lowest BCUT2D eigenvalue weighted by molar-refractivity contribution is -0.137. The van der Waals surface area contributed by atoms with Crippen LogP contribution in [0.5, 0.6) is 0 Å². The molecule has 1 saturated heterocycles. The first kappa shape index (κ1) is 30.2. The summed E-state index contributed by atoms with van der Waals surface area (Å²) in [5.41, 5.74) is 1.60. The number of rotatable bonds is 9. The predicted molar refractivity (Wildman–Crippen MR) is 171 cm³/mol. The SMILES string of the molecule is Cc1ccnc(Nc2ncc(Sc3ccnc(C(=O)NCC4(c5ccccc5)CCN(C(=O)C5CCCC5)CC4)c3F)s2)c1. The molecule has 2 N–H and O–H groups in total. The minimum atomic E-state index is -0.663. The molecule has 1 aliphatic heterocycles. The van der Waals surface area contributed by atoms with Crippen LogP contribution in [0.1, 0.15) is 60.1 Å². The van der Waals surface area contributed by atoms with Crippen molar-refractivity contribution in [3.63, 3.8) is 0 Å². The molecule has 0 atom stereocenters. The number of hydrogen-bond acceptors (Lipinski definition) is 8. The van der Waals surface area contributed by atoms with E-state index in [4.69, 9.17) is 0 Å². The Kier molecular flexibility index (Phi) is 9.22. The van der Waals surface area contributed by atoms with Crippen molar-refractivity contribution in [1.29, 1.82) is 0 Å². The van der Waals surface area contributed by atoms with E-state index in [1.54, 1.807) is 18.5 Å². The van der Waals surface area contributed by atoms with Crippen LogP contribution in [0.4, 0.5) is 15.3 Å². The van der Waals surface area contributed by atoms with Gasteiger partial charge in [-0.2, -0.15) is 0 Å². The number of pyridine rings is 2. The van der Waals surface area contributed by atoms with Gasteiger partial charge in [-0.1, -0.05) is 66.3 Å². The number of benzene rings is 1. The highest BCUT2D eigenvalue weighted by atomic mass is 32.2. The minimum absolute atomic E-state index is 0.149. The molecular weight excluding hydrogens is 596 g/mol. The molecule has 2 amide bonds. The molecule has 8 nitrogen and oxygen atoms in total. The van der Waals surface area contributed by atoms with E-state index in [0.717, 1.165) is 53.9 Å². The van der Waals surface area contributed by atoms with Crippen molar-refractivity contribution in [3.8, 4) is 0 Å². The van der Waals surface area contributed by atoms with E-state index in [1.165, 1.54) is 29.3 Å². The minimum Gasteiger partial charge on any atom is -0.350 e. The zero-order valence-corrected chi connectivity index (χ0v) is 26.2. The number of carbonyl (C=O) groups excluding carboxylic acids is 2. The highest BCUT2D eigenvalue weighted by Gasteiger charge is 2.39. The Hall–Kier alpha value is -3.83. The molecule has 4 heterocycles. The van der Waals surface area contributed by atoms with Crippen LogP contribution in [0, 0.1) is 18.7 Å². The molecule has 1 saturated carbocycles. The number of carbonyl (C=O) groups is 2. The summed E-state index contributed by atoms with van der Waals surface area (Å²) in [5, 5.41) is 6.81. The van der Waals surface area contributed by atoms with Crippen molar-refractivity contribution in [2.75, 3.05) is 25.0 Å². The lowest BCUT2D eigenvalue weighted by Gasteiger charge is -2.43. The predicted octanol–water partition coefficient (Wildman–Crippen LogP) is 6.76. The Morgan fingerprint density at radius 3 is 2.55 bits per heavy atom. The number of aryl methyl sites for hydroxylation is 1. The lowest BCUT2D eigenvalue weighted by Crippen LogP contribution is -2.51. The van der Waals surface area contributed by atoms with E-state index >= 15 is 4.39 Å². The number of nitrogens with one attached hydrogen (secondary N) is 2. The topological polar surface area (TPSA) is 100 Å². The van der Waals surface area contributed by atoms with Gasteiger partial charge in [0.1, 0.15) is 5.82 Å². The first-order valence-corrected chi connectivity index (χ1v) is 16.6. The van der Waals surface area contributed by atoms with Crippen molar-refractivity contribution < 1.29 is 14.0 Å². The molecular formula is C33H35FN6O2S2. The summed E-state index contributed by atoms with van der Waals surface area (Å²) in [7, 11) is 0. The molecule has 228 valence electrons. The molecule has 44 heavy (non-hydrogen) atoms. The summed E-state index contributed by atoms with van der Waals surface area (Å²) in [6, 6.07) is 15.5. The highest BCUT2D eigenvalue weighted by Crippen LogP contribution is 2.38. The van der Waals surface area contributed by atoms with Gasteiger partial charge < -0.3 is 15.5 Å². The highest BCUT2D eigenvalue weighted by molar-refractivity contribution is 8.01. The van der Waals surface area contributed by atoms with Crippen molar-refractivity contribution in [1.82, 2.24) is 25.2 Å². The third kappa shape index (κ3) is 6.78. The summed E-state index contributed by atoms with van der Waals surface area (Å²) >= 11 is 2.57. The Labute approximate surface area is 264 Å². The third-order valence-electron chi connectivity index (χ3n) is 8.62. The molecule has 2 aliphatic rings. The quantitative estimate of drug-likeness (QED) is 0.211. The Morgan fingerprint density at radius 2 is 1.80 bits per heavy atom. The van der Waals surface area contributed by atoms with Gasteiger partial charge in [0.05, 0.1) is 15.3 Å². The second-order valence-corrected chi connectivity index (χ2v) is 13.9. The first-order valence-electron chi connectivity index (χ1n) is 15.0. The largest absolute Gasteiger partial charge is 0.350 e. The Balaban J connectivity index is 1.12. The number of piperidine rings is 1. The molecule has 11 heteroatoms. The molecule has 1 aromatic carbocycles. The average molecular weight is 631 g/mol. The van der Waals surface area contributed by atoms with E-state index in [-0.39, 0.29) is 22.9 Å². The van der Waals surface area contributed by atoms with Crippen molar-refractivity contribution in [3.05, 3.63) is 89.8 Å². The summed E-state index contributed by atoms with van der Waals surface area (Å²) in [5.74, 6) is -0.115. The van der Waals surface area contributed by atoms with Crippen LogP contribution in [0.3, 0.4) is 0 Å². The summed E-state index contributed by atoms with van der Waals surface area (Å²) < 4.78 is 16.4. The number of nitrogens with zero attached hydrogens (tertiary/aromatic N) is 4. The molecule has 0 radical (unpaired) electrons. The van der Waals surface area contributed by atoms with Crippen molar-refractivity contribution in [2.45, 2.75) is 60.0 Å². The van der Waals surface area contributed by atoms with Gasteiger partial charge in [0.2, 0.25) is 5.91 Å². The van der Waals surface area contributed by atoms with Crippen LogP contribution < -0.4 is 10.6 Å². The Morgan fingerprint density at radius 1 is 1.05 bits per heavy atom. The van der Waals surface area contributed by atoms with Crippen LogP contribution in [-0.2, 0) is 10.2 Å². The monoisotopic (exact) mass is 630 g/mol. The number of likely N-dealkylation sites (tertiary alicyclic amines) is 1. The molecule has 0 spiro atoms. The fourth-order valence-corrected chi connectivity index (χ4v) is 8.00. The molecule has 1 aliphatic carbocycles. The van der Waals surface area contributed by atoms with Gasteiger partial charge in [-0.05, 0) is 61.9 Å². The van der Waals surface area contributed by atoms with Gasteiger partial charge in [-0.15, -0.1) is 0 Å². The number of hydrogen-bond donors (Lipinski definition) is 2. The zero-order valence-electron chi connectivity index (χ0n) is 24.6. The number of thiazole rings is 1. The van der Waals surface area contributed by atoms with Gasteiger partial charge in [-0.3, -0.25) is 9.59 Å². The average Bonchev–Trinajstić information content (AvgIpc) is 3.74. The normalized spacial score (nSPS) is 16.5. The van der Waals surface area contributed by atoms with Gasteiger partial charge in [0, 0.05) is 43.4 Å². The van der Waals surface area contributed by atoms with Gasteiger partial charge in [-0.25, -0.2) is 19.3 Å². The van der Waals surface area contributed by atoms with E-state index < -0.39 is 11.7 Å². The number of halogens is 1. The van der Waals surface area contributed by atoms with Crippen LogP contribution in [0.2, 0.25) is 0 Å². The van der Waals surface area contributed by atoms with Crippen molar-refractivity contribution in [2.24, 2.45) is 5.92 Å². The molecule has 3 aromatic heterocycles. The van der Waals surface area contributed by atoms with Gasteiger partial charge in [0.15, 0.2) is 16.6 Å². The maximum Gasteiger partial charge on any atom is 0.273 e. The van der Waals surface area contributed by atoms with Gasteiger partial charge >= 0.3 is 0 Å². The van der Waals surface area contributed by atoms with Crippen LogP contribution in [0.25, 0.3) is 0 Å². The van der Waals surface area contributed by atoms with Crippen molar-refractivity contribution >= 4 is 45.9 Å². The second kappa shape index (κ2) is 13.4. The van der Waals surface area contributed by atoms with E-state index in [2.05, 4.69) is 37.7 Å². The molecule has 0 bridgehead atoms. The summed E-state index contributed by atoms with van der Waals surface area (Å²) in [6.45, 7) is 3.60. The van der Waals surface area contributed by atoms with E-state index in [1.807, 2.05) is 42.2 Å². The van der Waals surface area contributed by atoms with E-state index in [9.17, 15) is 9.59 Å². The molecule has 6 rings (SSSR count). The fraction of sp³-hybridized carbons (Fsp3) is 0.364. The maximum atomic E-state index is 15.6. The third-order valence-corrected chi connectivity index (χ3v) is 10.7. The molecule has 2 fully saturated rings. The molecule has 4 aromatic rings. The molecule has 0 unspecified atom stereocenters. The van der Waals surface area contributed by atoms with Crippen LogP contribution in [-0.4, -0.2) is 51.3 Å². The standard InChI is InChI=1S/C33H35FN6O2S2/c1-22-11-15-35-26(19-22)39-32-37-20-27(44-32)43-25-12-16-36-29(28(25)34)30(41)38-21-33(24-9-3-2-4-10-24)13-17-40(18-14-33)31(42)23-7-5-6-8-23/h2-4,9-12,15-16,19-20,23H,5-8,13-14,17-18,21H2,1H3,(H,38,41)(H,35,37,39). The van der Waals surface area contributed by atoms with E-state index in [0.29, 0.717) is 35.5 Å². The zero-order chi connectivity index (χ0) is 30.5. The summed E-state index contributed by atoms with van der Waals surface area (Å²) in [4.78, 5) is 41.5. The number of aromatic nitrogens is 3. The number of amides is 2. The smallest absolute Gasteiger partial charge is 0.273 e. The van der Waals surface area contributed by atoms with Crippen LogP contribution in [0.15, 0.2) is 76.2 Å². The first-order chi connectivity index (χ1) is 21.4. The lowest BCUT2D eigenvalue weighted by atomic mass is 9.72. The van der Waals surface area contributed by atoms with Crippen LogP contribution >= 0.6 is 23.1 Å². The van der Waals surface area contributed by atoms with Gasteiger partial charge in [0.25, 0.3) is 5.91 Å².